The summed E-state index contributed by atoms with van der Waals surface area (Å²) in [5.74, 6) is 15.5. The van der Waals surface area contributed by atoms with Gasteiger partial charge >= 0.3 is 0 Å². The van der Waals surface area contributed by atoms with Crippen molar-refractivity contribution in [3.63, 3.8) is 0 Å². The Morgan fingerprint density at radius 2 is 0.533 bits per heavy atom. The molecule has 12 aromatic rings. The van der Waals surface area contributed by atoms with Gasteiger partial charge in [0.05, 0.1) is 67.6 Å². The SMILES string of the molecule is CC1(C)CCc2c(ccc3c2OCC(c2ccc(O)c(O)c2)C3)O1.CCOc1ccc(C2COc3c(ccc4c3CCC(C)(C)O4)C2)cc1O.COc1cc(O)c(C2COc3c(ccc4c3CCC(C)(C)O4)C2)c(O)c1.COc1cc(O)cc(C2COc3c(ccc4c3CCC(C)(C)O4)C2)c1.COc1ccc(C2COc3c(ccc4c3CCC(C)(C)O4)C2)cc1O.Cc1ccc(C2COc3c(ccc4c3CCC(C)(C)O4)C2)cc1O. The first kappa shape index (κ1) is 104. The van der Waals surface area contributed by atoms with Crippen molar-refractivity contribution in [3.8, 4) is 138 Å². The molecule has 8 N–H and O–H groups in total. The molecule has 12 aliphatic rings. The average molecular weight is 2040 g/mol. The molecule has 6 atom stereocenters. The van der Waals surface area contributed by atoms with Crippen LogP contribution in [0.25, 0.3) is 0 Å². The smallest absolute Gasteiger partial charge is 0.160 e. The van der Waals surface area contributed by atoms with Gasteiger partial charge < -0.3 is 117 Å². The van der Waals surface area contributed by atoms with E-state index in [1.807, 2.05) is 74.5 Å². The molecule has 0 amide bonds. The summed E-state index contributed by atoms with van der Waals surface area (Å²) in [4.78, 5) is 0. The highest BCUT2D eigenvalue weighted by molar-refractivity contribution is 5.62. The van der Waals surface area contributed by atoms with Crippen molar-refractivity contribution in [1.82, 2.24) is 0 Å². The Balaban J connectivity index is 0.000000113. The molecular formula is C126H144O24. The van der Waals surface area contributed by atoms with Crippen LogP contribution in [0, 0.1) is 6.92 Å². The zero-order chi connectivity index (χ0) is 106. The van der Waals surface area contributed by atoms with Gasteiger partial charge in [0.1, 0.15) is 137 Å². The van der Waals surface area contributed by atoms with Crippen molar-refractivity contribution in [2.24, 2.45) is 0 Å². The maximum atomic E-state index is 10.3. The van der Waals surface area contributed by atoms with Crippen molar-refractivity contribution in [2.45, 2.75) is 282 Å². The van der Waals surface area contributed by atoms with Gasteiger partial charge in [-0.3, -0.25) is 0 Å². The predicted molar refractivity (Wildman–Crippen MR) is 576 cm³/mol. The number of hydrogen-bond donors (Lipinski definition) is 8. The molecule has 0 radical (unpaired) electrons. The summed E-state index contributed by atoms with van der Waals surface area (Å²) in [6, 6.07) is 55.6. The molecule has 24 heteroatoms. The molecule has 6 unspecified atom stereocenters. The summed E-state index contributed by atoms with van der Waals surface area (Å²) >= 11 is 0. The minimum atomic E-state index is -0.154. The Morgan fingerprint density at radius 1 is 0.260 bits per heavy atom. The standard InChI is InChI=1S/C22H26O4.C21H24O5.2C21H24O4.C21H24O3.C20H22O4/c1-4-24-20-8-5-14(12-18(20)23)16-11-15-6-7-19-17(21(15)25-13-16)9-10-22(2,3)26-19;1-21(2)7-6-15-18(26-21)5-4-12-8-13(11-25-20(12)15)19-16(22)9-14(24-3)10-17(19)23;1-21(2)9-8-16-18(25-21)6-5-14-10-15(12-24-20(14)16)13-4-7-19(23-3)17(22)11-13;1-21(2)7-6-18-19(25-21)5-4-13-8-15(12-24-20(13)18)14-9-16(22)11-17(10-14)23-3;1-13-4-5-14(11-18(13)22)16-10-15-6-7-19-17(20(15)23-12-16)8-9-21(2,3)24-19;1-20(2)8-7-15-18(24-20)6-4-13-9-14(11-23-19(13)15)12-3-5-16(21)17(22)10-12/h5-8,12,16,23H,4,9-11,13H2,1-3H3;4-5,9-10,13,22-23H,6-8,11H2,1-3H3;4-7,11,15,22H,8-10,12H2,1-3H3;4-5,9-11,15,22H,6-8,12H2,1-3H3;4-7,11,16,22H,8-10,12H2,1-3H3;3-6,10,14,21-22H,7-9,11H2,1-2H3. The third kappa shape index (κ3) is 22.9. The molecule has 0 aromatic heterocycles. The Morgan fingerprint density at radius 3 is 0.827 bits per heavy atom. The summed E-state index contributed by atoms with van der Waals surface area (Å²) in [5.41, 5.74) is 20.3. The van der Waals surface area contributed by atoms with Crippen LogP contribution in [0.3, 0.4) is 0 Å². The summed E-state index contributed by atoms with van der Waals surface area (Å²) in [5, 5.41) is 80.0. The van der Waals surface area contributed by atoms with E-state index in [4.69, 9.17) is 75.8 Å². The van der Waals surface area contributed by atoms with Gasteiger partial charge in [0.25, 0.3) is 0 Å². The van der Waals surface area contributed by atoms with E-state index in [9.17, 15) is 40.9 Å². The molecule has 150 heavy (non-hydrogen) atoms. The number of fused-ring (bicyclic) bond motifs is 18. The third-order valence-corrected chi connectivity index (χ3v) is 31.3. The van der Waals surface area contributed by atoms with Gasteiger partial charge in [0.15, 0.2) is 34.5 Å². The molecule has 24 rings (SSSR count). The van der Waals surface area contributed by atoms with Crippen molar-refractivity contribution in [3.05, 3.63) is 282 Å². The van der Waals surface area contributed by atoms with Crippen LogP contribution in [0.5, 0.6) is 138 Å². The van der Waals surface area contributed by atoms with Crippen molar-refractivity contribution >= 4 is 0 Å². The molecule has 12 aromatic carbocycles. The number of ether oxygens (including phenoxy) is 16. The van der Waals surface area contributed by atoms with Crippen LogP contribution < -0.4 is 75.8 Å². The van der Waals surface area contributed by atoms with Crippen LogP contribution in [-0.2, 0) is 77.0 Å². The number of aryl methyl sites for hydroxylation is 1. The highest BCUT2D eigenvalue weighted by Gasteiger charge is 2.42. The number of phenolic OH excluding ortho intramolecular Hbond substituents is 8. The molecule has 0 saturated carbocycles. The van der Waals surface area contributed by atoms with Crippen LogP contribution in [0.1, 0.15) is 270 Å². The molecule has 12 aliphatic heterocycles. The van der Waals surface area contributed by atoms with Gasteiger partial charge in [-0.1, -0.05) is 66.7 Å². The second-order valence-corrected chi connectivity index (χ2v) is 45.6. The normalized spacial score (nSPS) is 20.7. The molecule has 0 spiro atoms. The maximum Gasteiger partial charge on any atom is 0.160 e. The van der Waals surface area contributed by atoms with Gasteiger partial charge in [-0.15, -0.1) is 0 Å². The molecule has 0 fully saturated rings. The first-order valence-electron chi connectivity index (χ1n) is 53.0. The fourth-order valence-electron chi connectivity index (χ4n) is 22.7. The lowest BCUT2D eigenvalue weighted by atomic mass is 9.86. The van der Waals surface area contributed by atoms with E-state index >= 15 is 0 Å². The van der Waals surface area contributed by atoms with Crippen LogP contribution in [0.2, 0.25) is 0 Å². The highest BCUT2D eigenvalue weighted by Crippen LogP contribution is 2.55. The summed E-state index contributed by atoms with van der Waals surface area (Å²) in [6.45, 7) is 33.3. The largest absolute Gasteiger partial charge is 0.508 e. The van der Waals surface area contributed by atoms with Crippen LogP contribution >= 0.6 is 0 Å². The lowest BCUT2D eigenvalue weighted by Gasteiger charge is -2.36. The minimum Gasteiger partial charge on any atom is -0.508 e. The van der Waals surface area contributed by atoms with E-state index in [0.717, 1.165) is 223 Å². The quantitative estimate of drug-likeness (QED) is 0.0558. The third-order valence-electron chi connectivity index (χ3n) is 31.3. The van der Waals surface area contributed by atoms with Crippen molar-refractivity contribution < 1.29 is 117 Å². The fourth-order valence-corrected chi connectivity index (χ4v) is 22.7. The van der Waals surface area contributed by atoms with E-state index in [1.54, 1.807) is 44.6 Å². The minimum absolute atomic E-state index is 0.0296. The summed E-state index contributed by atoms with van der Waals surface area (Å²) in [7, 11) is 4.67. The van der Waals surface area contributed by atoms with Crippen molar-refractivity contribution in [2.75, 3.05) is 67.6 Å². The average Bonchev–Trinajstić information content (AvgIpc) is 0.786. The van der Waals surface area contributed by atoms with E-state index in [0.29, 0.717) is 87.0 Å². The van der Waals surface area contributed by atoms with Gasteiger partial charge in [0.2, 0.25) is 0 Å². The van der Waals surface area contributed by atoms with Crippen LogP contribution in [0.4, 0.5) is 0 Å². The topological polar surface area (TPSA) is 310 Å². The van der Waals surface area contributed by atoms with Crippen molar-refractivity contribution in [1.29, 1.82) is 0 Å². The van der Waals surface area contributed by atoms with Crippen LogP contribution in [0.15, 0.2) is 176 Å². The Bertz CT molecular complexity index is 6860. The second-order valence-electron chi connectivity index (χ2n) is 45.6. The van der Waals surface area contributed by atoms with E-state index in [1.165, 1.54) is 80.9 Å². The lowest BCUT2D eigenvalue weighted by molar-refractivity contribution is 0.0822. The summed E-state index contributed by atoms with van der Waals surface area (Å²) < 4.78 is 94.4. The highest BCUT2D eigenvalue weighted by atomic mass is 16.5. The first-order chi connectivity index (χ1) is 71.6. The van der Waals surface area contributed by atoms with Gasteiger partial charge in [0, 0.05) is 92.7 Å². The number of methoxy groups -OCH3 is 3. The zero-order valence-electron chi connectivity index (χ0n) is 89.5. The lowest BCUT2D eigenvalue weighted by Crippen LogP contribution is -2.33. The zero-order valence-corrected chi connectivity index (χ0v) is 89.5. The maximum absolute atomic E-state index is 10.3. The number of aromatic hydroxyl groups is 8. The first-order valence-corrected chi connectivity index (χ1v) is 53.0. The monoisotopic (exact) mass is 2040 g/mol. The van der Waals surface area contributed by atoms with Crippen LogP contribution in [-0.4, -0.2) is 142 Å². The van der Waals surface area contributed by atoms with E-state index in [-0.39, 0.29) is 109 Å². The molecule has 0 aliphatic carbocycles. The second kappa shape index (κ2) is 42.3. The number of phenols is 8. The fraction of sp³-hybridized carbons (Fsp3) is 0.429. The van der Waals surface area contributed by atoms with Gasteiger partial charge in [-0.2, -0.15) is 0 Å². The Labute approximate surface area is 880 Å². The molecular weight excluding hydrogens is 1900 g/mol. The number of benzene rings is 12. The number of rotatable bonds is 11. The van der Waals surface area contributed by atoms with Gasteiger partial charge in [-0.25, -0.2) is 0 Å². The molecule has 24 nitrogen and oxygen atoms in total. The number of hydrogen-bond acceptors (Lipinski definition) is 24. The van der Waals surface area contributed by atoms with E-state index in [2.05, 4.69) is 150 Å². The molecule has 0 saturated heterocycles. The Hall–Kier alpha value is -14.2. The predicted octanol–water partition coefficient (Wildman–Crippen LogP) is 25.4. The Kier molecular flexibility index (Phi) is 29.5. The molecule has 792 valence electrons. The summed E-state index contributed by atoms with van der Waals surface area (Å²) in [6.07, 6.45) is 17.0. The molecule has 12 heterocycles. The van der Waals surface area contributed by atoms with Gasteiger partial charge in [-0.05, 0) is 370 Å². The van der Waals surface area contributed by atoms with E-state index < -0.39 is 0 Å². The molecule has 0 bridgehead atoms.